The Morgan fingerprint density at radius 2 is 0.655 bits per heavy atom. The Hall–Kier alpha value is -0.0800. The highest BCUT2D eigenvalue weighted by Crippen LogP contribution is 2.45. The smallest absolute Gasteiger partial charge is 0.0694 e. The Morgan fingerprint density at radius 3 is 1.00 bits per heavy atom. The normalized spacial score (nSPS) is 12.6. The summed E-state index contributed by atoms with van der Waals surface area (Å²) in [6.45, 7) is 9.18. The number of unbranched alkanes of at least 4 members (excludes halogenated alkanes) is 13. The molecule has 4 N–H and O–H groups in total. The first-order valence-corrected chi connectivity index (χ1v) is 13.6. The van der Waals surface area contributed by atoms with E-state index in [0.717, 1.165) is 6.42 Å². The summed E-state index contributed by atoms with van der Waals surface area (Å²) in [5.41, 5.74) is 13.7. The topological polar surface area (TPSA) is 52.0 Å². The van der Waals surface area contributed by atoms with E-state index in [9.17, 15) is 0 Å². The maximum absolute atomic E-state index is 7.03. The number of nitrogens with two attached hydrogens (primary N) is 2. The Balaban J connectivity index is 5.17. The van der Waals surface area contributed by atoms with Crippen LogP contribution in [-0.4, -0.2) is 5.66 Å². The number of rotatable bonds is 22. The van der Waals surface area contributed by atoms with E-state index in [-0.39, 0.29) is 5.41 Å². The molecule has 2 nitrogen and oxygen atoms in total. The van der Waals surface area contributed by atoms with Crippen molar-refractivity contribution in [1.82, 2.24) is 0 Å². The zero-order valence-electron chi connectivity index (χ0n) is 21.0. The van der Waals surface area contributed by atoms with Crippen LogP contribution in [0.1, 0.15) is 163 Å². The fourth-order valence-electron chi connectivity index (χ4n) is 5.03. The highest BCUT2D eigenvalue weighted by atomic mass is 15.0. The molecule has 0 radical (unpaired) electrons. The van der Waals surface area contributed by atoms with Crippen molar-refractivity contribution in [3.63, 3.8) is 0 Å². The summed E-state index contributed by atoms with van der Waals surface area (Å²) < 4.78 is 0. The van der Waals surface area contributed by atoms with Crippen molar-refractivity contribution in [2.24, 2.45) is 16.9 Å². The monoisotopic (exact) mass is 410 g/mol. The molecule has 0 atom stereocenters. The molecule has 0 aromatic carbocycles. The standard InChI is InChI=1S/C27H58N2/c1-5-9-13-17-20-24-26(22-18-14-10-6-2,23-19-15-11-7-3)27(28,29)25-21-16-12-8-4/h5-25,28-29H2,1-4H3. The van der Waals surface area contributed by atoms with E-state index in [1.807, 2.05) is 0 Å². The van der Waals surface area contributed by atoms with Gasteiger partial charge in [0.2, 0.25) is 0 Å². The molecule has 0 aliphatic heterocycles. The van der Waals surface area contributed by atoms with Crippen LogP contribution < -0.4 is 11.5 Å². The Labute approximate surface area is 185 Å². The van der Waals surface area contributed by atoms with Gasteiger partial charge in [0.05, 0.1) is 5.66 Å². The van der Waals surface area contributed by atoms with Crippen molar-refractivity contribution >= 4 is 0 Å². The first-order valence-electron chi connectivity index (χ1n) is 13.6. The van der Waals surface area contributed by atoms with E-state index < -0.39 is 5.66 Å². The molecule has 2 heteroatoms. The van der Waals surface area contributed by atoms with Gasteiger partial charge < -0.3 is 11.5 Å². The molecule has 0 aromatic rings. The van der Waals surface area contributed by atoms with Gasteiger partial charge in [0.15, 0.2) is 0 Å². The minimum absolute atomic E-state index is 0.146. The van der Waals surface area contributed by atoms with Crippen molar-refractivity contribution in [2.75, 3.05) is 0 Å². The fraction of sp³-hybridized carbons (Fsp3) is 1.00. The summed E-state index contributed by atoms with van der Waals surface area (Å²) in [5.74, 6) is 0. The van der Waals surface area contributed by atoms with E-state index in [2.05, 4.69) is 27.7 Å². The Bertz CT molecular complexity index is 325. The molecule has 0 unspecified atom stereocenters. The average molecular weight is 411 g/mol. The zero-order valence-corrected chi connectivity index (χ0v) is 21.0. The first kappa shape index (κ1) is 28.9. The maximum atomic E-state index is 7.03. The Kier molecular flexibility index (Phi) is 18.6. The summed E-state index contributed by atoms with van der Waals surface area (Å²) in [4.78, 5) is 0. The van der Waals surface area contributed by atoms with Crippen LogP contribution in [0.5, 0.6) is 0 Å². The third-order valence-corrected chi connectivity index (χ3v) is 7.21. The van der Waals surface area contributed by atoms with Crippen LogP contribution >= 0.6 is 0 Å². The minimum Gasteiger partial charge on any atom is -0.313 e. The fourth-order valence-corrected chi connectivity index (χ4v) is 5.03. The molecule has 0 rings (SSSR count). The van der Waals surface area contributed by atoms with Crippen LogP contribution in [0.3, 0.4) is 0 Å². The van der Waals surface area contributed by atoms with Gasteiger partial charge in [-0.1, -0.05) is 137 Å². The van der Waals surface area contributed by atoms with Gasteiger partial charge in [0.1, 0.15) is 0 Å². The van der Waals surface area contributed by atoms with Gasteiger partial charge in [-0.3, -0.25) is 0 Å². The molecule has 0 aliphatic rings. The maximum Gasteiger partial charge on any atom is 0.0694 e. The third-order valence-electron chi connectivity index (χ3n) is 7.21. The Morgan fingerprint density at radius 1 is 0.379 bits per heavy atom. The predicted octanol–water partition coefficient (Wildman–Crippen LogP) is 8.86. The average Bonchev–Trinajstić information content (AvgIpc) is 2.71. The molecule has 29 heavy (non-hydrogen) atoms. The minimum atomic E-state index is -0.496. The molecule has 176 valence electrons. The lowest BCUT2D eigenvalue weighted by Gasteiger charge is -2.48. The van der Waals surface area contributed by atoms with Gasteiger partial charge in [-0.2, -0.15) is 0 Å². The second-order valence-corrected chi connectivity index (χ2v) is 9.92. The van der Waals surface area contributed by atoms with Crippen molar-refractivity contribution in [3.8, 4) is 0 Å². The van der Waals surface area contributed by atoms with Crippen molar-refractivity contribution < 1.29 is 0 Å². The van der Waals surface area contributed by atoms with E-state index >= 15 is 0 Å². The van der Waals surface area contributed by atoms with E-state index in [4.69, 9.17) is 11.5 Å². The van der Waals surface area contributed by atoms with Gasteiger partial charge in [0, 0.05) is 5.41 Å². The summed E-state index contributed by atoms with van der Waals surface area (Å²) in [6.07, 6.45) is 27.1. The third kappa shape index (κ3) is 13.0. The highest BCUT2D eigenvalue weighted by molar-refractivity contribution is 4.98. The lowest BCUT2D eigenvalue weighted by molar-refractivity contribution is 0.0641. The number of hydrogen-bond acceptors (Lipinski definition) is 2. The molecule has 0 amide bonds. The van der Waals surface area contributed by atoms with Crippen LogP contribution in [0.25, 0.3) is 0 Å². The molecule has 0 fully saturated rings. The van der Waals surface area contributed by atoms with Gasteiger partial charge in [-0.25, -0.2) is 0 Å². The molecule has 0 aliphatic carbocycles. The number of hydrogen-bond donors (Lipinski definition) is 2. The van der Waals surface area contributed by atoms with Gasteiger partial charge in [-0.05, 0) is 25.7 Å². The van der Waals surface area contributed by atoms with E-state index in [0.29, 0.717) is 0 Å². The van der Waals surface area contributed by atoms with Crippen molar-refractivity contribution in [1.29, 1.82) is 0 Å². The largest absolute Gasteiger partial charge is 0.313 e. The van der Waals surface area contributed by atoms with E-state index in [1.165, 1.54) is 128 Å². The SMILES string of the molecule is CCCCCCCC(CCCCCC)(CCCCCC)C(N)(N)CCCCCC. The molecular formula is C27H58N2. The molecule has 0 saturated carbocycles. The van der Waals surface area contributed by atoms with Crippen LogP contribution in [-0.2, 0) is 0 Å². The summed E-state index contributed by atoms with van der Waals surface area (Å²) in [7, 11) is 0. The van der Waals surface area contributed by atoms with Gasteiger partial charge >= 0.3 is 0 Å². The molecule has 0 heterocycles. The van der Waals surface area contributed by atoms with Crippen LogP contribution in [0.4, 0.5) is 0 Å². The van der Waals surface area contributed by atoms with Gasteiger partial charge in [0.25, 0.3) is 0 Å². The summed E-state index contributed by atoms with van der Waals surface area (Å²) in [5, 5.41) is 0. The van der Waals surface area contributed by atoms with Gasteiger partial charge in [-0.15, -0.1) is 0 Å². The first-order chi connectivity index (χ1) is 14.0. The lowest BCUT2D eigenvalue weighted by atomic mass is 9.64. The highest BCUT2D eigenvalue weighted by Gasteiger charge is 2.44. The molecule has 0 bridgehead atoms. The van der Waals surface area contributed by atoms with Crippen LogP contribution in [0, 0.1) is 5.41 Å². The van der Waals surface area contributed by atoms with Crippen molar-refractivity contribution in [3.05, 3.63) is 0 Å². The van der Waals surface area contributed by atoms with Crippen LogP contribution in [0.2, 0.25) is 0 Å². The quantitative estimate of drug-likeness (QED) is 0.138. The molecule has 0 saturated heterocycles. The van der Waals surface area contributed by atoms with Crippen LogP contribution in [0.15, 0.2) is 0 Å². The predicted molar refractivity (Wildman–Crippen MR) is 133 cm³/mol. The zero-order chi connectivity index (χ0) is 21.8. The summed E-state index contributed by atoms with van der Waals surface area (Å²) >= 11 is 0. The molecule has 0 spiro atoms. The second-order valence-electron chi connectivity index (χ2n) is 9.92. The molecular weight excluding hydrogens is 352 g/mol. The lowest BCUT2D eigenvalue weighted by Crippen LogP contribution is -2.62. The summed E-state index contributed by atoms with van der Waals surface area (Å²) in [6, 6.07) is 0. The van der Waals surface area contributed by atoms with Crippen molar-refractivity contribution in [2.45, 2.75) is 168 Å². The molecule has 0 aromatic heterocycles. The van der Waals surface area contributed by atoms with E-state index in [1.54, 1.807) is 0 Å². The second kappa shape index (κ2) is 18.7.